The summed E-state index contributed by atoms with van der Waals surface area (Å²) in [6.45, 7) is 2.28. The highest BCUT2D eigenvalue weighted by Crippen LogP contribution is 2.34. The van der Waals surface area contributed by atoms with E-state index in [0.717, 1.165) is 34.7 Å². The average Bonchev–Trinajstić information content (AvgIpc) is 2.91. The Bertz CT molecular complexity index is 438. The molecule has 1 aromatic heterocycles. The second-order valence-corrected chi connectivity index (χ2v) is 6.87. The van der Waals surface area contributed by atoms with Gasteiger partial charge in [0.25, 0.3) is 5.91 Å². The van der Waals surface area contributed by atoms with Gasteiger partial charge in [0.2, 0.25) is 0 Å². The van der Waals surface area contributed by atoms with Crippen molar-refractivity contribution < 1.29 is 9.53 Å². The van der Waals surface area contributed by atoms with Gasteiger partial charge in [-0.1, -0.05) is 22.9 Å². The zero-order valence-electron chi connectivity index (χ0n) is 11.4. The van der Waals surface area contributed by atoms with Gasteiger partial charge >= 0.3 is 0 Å². The zero-order valence-corrected chi connectivity index (χ0v) is 13.8. The fourth-order valence-corrected chi connectivity index (χ4v) is 3.90. The highest BCUT2D eigenvalue weighted by molar-refractivity contribution is 9.09. The van der Waals surface area contributed by atoms with Crippen molar-refractivity contribution >= 4 is 33.2 Å². The van der Waals surface area contributed by atoms with Crippen molar-refractivity contribution in [2.24, 2.45) is 5.92 Å². The standard InChI is InChI=1S/C14H20BrNO2S/c1-10-3-5-14(9-15,6-4-10)16-13(17)12-7-11(18-2)8-19-12/h7-8,10H,3-6,9H2,1-2H3,(H,16,17). The van der Waals surface area contributed by atoms with Gasteiger partial charge in [0.05, 0.1) is 17.5 Å². The Balaban J connectivity index is 2.03. The summed E-state index contributed by atoms with van der Waals surface area (Å²) in [6, 6.07) is 1.80. The largest absolute Gasteiger partial charge is 0.496 e. The zero-order chi connectivity index (χ0) is 13.9. The summed E-state index contributed by atoms with van der Waals surface area (Å²) < 4.78 is 5.12. The molecule has 1 aromatic rings. The number of alkyl halides is 1. The molecule has 0 bridgehead atoms. The van der Waals surface area contributed by atoms with Gasteiger partial charge in [-0.2, -0.15) is 0 Å². The van der Waals surface area contributed by atoms with Crippen LogP contribution in [0.2, 0.25) is 0 Å². The van der Waals surface area contributed by atoms with E-state index in [2.05, 4.69) is 28.2 Å². The molecule has 1 saturated carbocycles. The Morgan fingerprint density at radius 2 is 2.26 bits per heavy atom. The van der Waals surface area contributed by atoms with Gasteiger partial charge in [0, 0.05) is 16.8 Å². The van der Waals surface area contributed by atoms with Gasteiger partial charge in [0.1, 0.15) is 5.75 Å². The maximum Gasteiger partial charge on any atom is 0.261 e. The highest BCUT2D eigenvalue weighted by atomic mass is 79.9. The van der Waals surface area contributed by atoms with Crippen LogP contribution in [-0.4, -0.2) is 23.9 Å². The second-order valence-electron chi connectivity index (χ2n) is 5.40. The summed E-state index contributed by atoms with van der Waals surface area (Å²) in [6.07, 6.45) is 4.46. The summed E-state index contributed by atoms with van der Waals surface area (Å²) in [5.74, 6) is 1.54. The predicted molar refractivity (Wildman–Crippen MR) is 82.5 cm³/mol. The fourth-order valence-electron chi connectivity index (χ4n) is 2.45. The summed E-state index contributed by atoms with van der Waals surface area (Å²) in [5, 5.41) is 5.91. The lowest BCUT2D eigenvalue weighted by Gasteiger charge is -2.38. The van der Waals surface area contributed by atoms with E-state index >= 15 is 0 Å². The number of hydrogen-bond acceptors (Lipinski definition) is 3. The number of thiophene rings is 1. The van der Waals surface area contributed by atoms with Crippen LogP contribution in [0.3, 0.4) is 0 Å². The van der Waals surface area contributed by atoms with Crippen molar-refractivity contribution in [2.45, 2.75) is 38.1 Å². The Kier molecular flexibility index (Phi) is 4.90. The quantitative estimate of drug-likeness (QED) is 0.842. The first-order chi connectivity index (χ1) is 9.08. The lowest BCUT2D eigenvalue weighted by atomic mass is 9.78. The Labute approximate surface area is 126 Å². The normalized spacial score (nSPS) is 27.0. The van der Waals surface area contributed by atoms with Crippen LogP contribution in [0.4, 0.5) is 0 Å². The van der Waals surface area contributed by atoms with Crippen LogP contribution in [0.25, 0.3) is 0 Å². The van der Waals surface area contributed by atoms with Gasteiger partial charge in [-0.15, -0.1) is 11.3 Å². The van der Waals surface area contributed by atoms with E-state index in [0.29, 0.717) is 0 Å². The molecule has 1 amide bonds. The van der Waals surface area contributed by atoms with Crippen LogP contribution >= 0.6 is 27.3 Å². The molecule has 1 fully saturated rings. The minimum atomic E-state index is -0.0825. The molecule has 1 aliphatic rings. The maximum atomic E-state index is 12.3. The van der Waals surface area contributed by atoms with Gasteiger partial charge in [-0.3, -0.25) is 4.79 Å². The van der Waals surface area contributed by atoms with Crippen molar-refractivity contribution in [2.75, 3.05) is 12.4 Å². The van der Waals surface area contributed by atoms with E-state index in [9.17, 15) is 4.79 Å². The third kappa shape index (κ3) is 3.51. The van der Waals surface area contributed by atoms with Crippen LogP contribution in [-0.2, 0) is 0 Å². The number of methoxy groups -OCH3 is 1. The number of hydrogen-bond donors (Lipinski definition) is 1. The van der Waals surface area contributed by atoms with Gasteiger partial charge in [-0.25, -0.2) is 0 Å². The molecule has 0 aromatic carbocycles. The lowest BCUT2D eigenvalue weighted by Crippen LogP contribution is -2.51. The van der Waals surface area contributed by atoms with E-state index in [4.69, 9.17) is 4.74 Å². The monoisotopic (exact) mass is 345 g/mol. The molecule has 0 saturated heterocycles. The number of rotatable bonds is 4. The number of amides is 1. The minimum Gasteiger partial charge on any atom is -0.496 e. The molecule has 0 atom stereocenters. The van der Waals surface area contributed by atoms with E-state index in [1.54, 1.807) is 13.2 Å². The second kappa shape index (κ2) is 6.27. The predicted octanol–water partition coefficient (Wildman–Crippen LogP) is 3.83. The summed E-state index contributed by atoms with van der Waals surface area (Å²) in [7, 11) is 1.62. The molecule has 106 valence electrons. The Hall–Kier alpha value is -0.550. The molecule has 0 radical (unpaired) electrons. The number of carbonyl (C=O) groups is 1. The molecule has 2 rings (SSSR count). The van der Waals surface area contributed by atoms with Crippen molar-refractivity contribution in [3.05, 3.63) is 16.3 Å². The first-order valence-corrected chi connectivity index (χ1v) is 8.60. The lowest BCUT2D eigenvalue weighted by molar-refractivity contribution is 0.0878. The van der Waals surface area contributed by atoms with Crippen LogP contribution in [0.1, 0.15) is 42.3 Å². The minimum absolute atomic E-state index is 0.0160. The molecule has 1 aliphatic carbocycles. The Morgan fingerprint density at radius 1 is 1.58 bits per heavy atom. The number of carbonyl (C=O) groups excluding carboxylic acids is 1. The molecule has 1 heterocycles. The molecule has 0 unspecified atom stereocenters. The summed E-state index contributed by atoms with van der Waals surface area (Å²) >= 11 is 5.00. The summed E-state index contributed by atoms with van der Waals surface area (Å²) in [5.41, 5.74) is -0.0825. The van der Waals surface area contributed by atoms with E-state index in [1.165, 1.54) is 24.2 Å². The van der Waals surface area contributed by atoms with Crippen molar-refractivity contribution in [3.8, 4) is 5.75 Å². The molecular formula is C14H20BrNO2S. The van der Waals surface area contributed by atoms with Crippen molar-refractivity contribution in [1.29, 1.82) is 0 Å². The van der Waals surface area contributed by atoms with Crippen LogP contribution in [0.5, 0.6) is 5.75 Å². The number of nitrogens with one attached hydrogen (secondary N) is 1. The smallest absolute Gasteiger partial charge is 0.261 e. The maximum absolute atomic E-state index is 12.3. The molecule has 1 N–H and O–H groups in total. The SMILES string of the molecule is COc1csc(C(=O)NC2(CBr)CCC(C)CC2)c1. The van der Waals surface area contributed by atoms with E-state index in [-0.39, 0.29) is 11.4 Å². The summed E-state index contributed by atoms with van der Waals surface area (Å²) in [4.78, 5) is 13.0. The molecule has 19 heavy (non-hydrogen) atoms. The van der Waals surface area contributed by atoms with Crippen LogP contribution < -0.4 is 10.1 Å². The van der Waals surface area contributed by atoms with Gasteiger partial charge in [0.15, 0.2) is 0 Å². The molecule has 0 aliphatic heterocycles. The topological polar surface area (TPSA) is 38.3 Å². The Morgan fingerprint density at radius 3 is 2.79 bits per heavy atom. The van der Waals surface area contributed by atoms with E-state index in [1.807, 2.05) is 5.38 Å². The van der Waals surface area contributed by atoms with Gasteiger partial charge < -0.3 is 10.1 Å². The van der Waals surface area contributed by atoms with Gasteiger partial charge in [-0.05, 0) is 31.6 Å². The fraction of sp³-hybridized carbons (Fsp3) is 0.643. The van der Waals surface area contributed by atoms with Crippen LogP contribution in [0.15, 0.2) is 11.4 Å². The first-order valence-electron chi connectivity index (χ1n) is 6.59. The van der Waals surface area contributed by atoms with E-state index < -0.39 is 0 Å². The van der Waals surface area contributed by atoms with Crippen molar-refractivity contribution in [1.82, 2.24) is 5.32 Å². The highest BCUT2D eigenvalue weighted by Gasteiger charge is 2.35. The number of ether oxygens (including phenoxy) is 1. The molecule has 0 spiro atoms. The third-order valence-electron chi connectivity index (χ3n) is 3.90. The number of halogens is 1. The third-order valence-corrected chi connectivity index (χ3v) is 5.88. The molecule has 3 nitrogen and oxygen atoms in total. The molecular weight excluding hydrogens is 326 g/mol. The van der Waals surface area contributed by atoms with Crippen LogP contribution in [0, 0.1) is 5.92 Å². The first kappa shape index (κ1) is 14.9. The molecule has 5 heteroatoms. The van der Waals surface area contributed by atoms with Crippen molar-refractivity contribution in [3.63, 3.8) is 0 Å². The average molecular weight is 346 g/mol.